The van der Waals surface area contributed by atoms with Gasteiger partial charge in [-0.2, -0.15) is 0 Å². The van der Waals surface area contributed by atoms with Crippen molar-refractivity contribution in [3.05, 3.63) is 58.6 Å². The molecule has 2 N–H and O–H groups in total. The van der Waals surface area contributed by atoms with Gasteiger partial charge in [0.05, 0.1) is 16.1 Å². The van der Waals surface area contributed by atoms with E-state index in [2.05, 4.69) is 32.9 Å². The Kier molecular flexibility index (Phi) is 5.71. The molecule has 2 fully saturated rings. The molecule has 4 atom stereocenters. The first-order chi connectivity index (χ1) is 13.8. The summed E-state index contributed by atoms with van der Waals surface area (Å²) in [7, 11) is -3.79. The van der Waals surface area contributed by atoms with Gasteiger partial charge in [-0.25, -0.2) is 8.42 Å². The molecule has 154 valence electrons. The van der Waals surface area contributed by atoms with E-state index >= 15 is 0 Å². The summed E-state index contributed by atoms with van der Waals surface area (Å²) in [5.74, 6) is 1.80. The molecule has 0 radical (unpaired) electrons. The lowest BCUT2D eigenvalue weighted by molar-refractivity contribution is 0.0916. The summed E-state index contributed by atoms with van der Waals surface area (Å²) < 4.78 is 28.9. The molecular formula is C22H25BrN2O3S. The number of hydrogen-bond donors (Lipinski definition) is 2. The fraction of sp³-hybridized carbons (Fsp3) is 0.409. The number of anilines is 1. The topological polar surface area (TPSA) is 75.3 Å². The molecule has 2 aliphatic rings. The Balaban J connectivity index is 1.50. The van der Waals surface area contributed by atoms with E-state index in [1.54, 1.807) is 36.4 Å². The molecule has 2 bridgehead atoms. The number of amides is 1. The number of carbonyl (C=O) groups is 1. The van der Waals surface area contributed by atoms with Crippen molar-refractivity contribution in [2.45, 2.75) is 43.5 Å². The van der Waals surface area contributed by atoms with E-state index < -0.39 is 10.0 Å². The lowest BCUT2D eigenvalue weighted by atomic mass is 9.84. The van der Waals surface area contributed by atoms with Crippen LogP contribution in [0.25, 0.3) is 0 Å². The van der Waals surface area contributed by atoms with Gasteiger partial charge < -0.3 is 5.32 Å². The van der Waals surface area contributed by atoms with E-state index in [4.69, 9.17) is 0 Å². The molecule has 29 heavy (non-hydrogen) atoms. The average Bonchev–Trinajstić information content (AvgIpc) is 3.32. The normalized spacial score (nSPS) is 24.3. The fourth-order valence-corrected chi connectivity index (χ4v) is 6.23. The second-order valence-corrected chi connectivity index (χ2v) is 10.8. The summed E-state index contributed by atoms with van der Waals surface area (Å²) in [6.45, 7) is 2.07. The van der Waals surface area contributed by atoms with Crippen molar-refractivity contribution in [3.8, 4) is 0 Å². The van der Waals surface area contributed by atoms with Gasteiger partial charge in [0, 0.05) is 10.5 Å². The third-order valence-electron chi connectivity index (χ3n) is 6.33. The van der Waals surface area contributed by atoms with Gasteiger partial charge in [-0.05, 0) is 80.3 Å². The summed E-state index contributed by atoms with van der Waals surface area (Å²) in [6, 6.07) is 13.2. The van der Waals surface area contributed by atoms with Crippen molar-refractivity contribution in [3.63, 3.8) is 0 Å². The maximum Gasteiger partial charge on any atom is 0.261 e. The summed E-state index contributed by atoms with van der Waals surface area (Å²) in [5.41, 5.74) is 0.622. The van der Waals surface area contributed by atoms with Gasteiger partial charge in [0.2, 0.25) is 0 Å². The van der Waals surface area contributed by atoms with E-state index in [0.717, 1.165) is 10.4 Å². The molecule has 1 amide bonds. The van der Waals surface area contributed by atoms with Crippen LogP contribution in [0, 0.1) is 17.8 Å². The molecule has 0 aliphatic heterocycles. The third-order valence-corrected chi connectivity index (χ3v) is 8.24. The summed E-state index contributed by atoms with van der Waals surface area (Å²) in [4.78, 5) is 13.1. The van der Waals surface area contributed by atoms with Crippen LogP contribution in [-0.2, 0) is 10.0 Å². The number of para-hydroxylation sites is 1. The minimum Gasteiger partial charge on any atom is -0.349 e. The molecule has 5 nitrogen and oxygen atoms in total. The Morgan fingerprint density at radius 2 is 1.79 bits per heavy atom. The van der Waals surface area contributed by atoms with E-state index in [-0.39, 0.29) is 22.5 Å². The van der Waals surface area contributed by atoms with Crippen LogP contribution in [0.4, 0.5) is 5.69 Å². The predicted molar refractivity (Wildman–Crippen MR) is 117 cm³/mol. The molecule has 2 aromatic carbocycles. The summed E-state index contributed by atoms with van der Waals surface area (Å²) in [6.07, 6.45) is 5.06. The first kappa shape index (κ1) is 20.4. The Labute approximate surface area is 180 Å². The van der Waals surface area contributed by atoms with Gasteiger partial charge in [-0.15, -0.1) is 0 Å². The highest BCUT2D eigenvalue weighted by molar-refractivity contribution is 9.10. The SMILES string of the molecule is C[C@H](NC(=O)c1ccccc1NS(=O)(=O)c1ccc(Br)cc1)[C@H]1C[C@@H]2CC[C@@H]1C2. The first-order valence-corrected chi connectivity index (χ1v) is 12.3. The highest BCUT2D eigenvalue weighted by Crippen LogP contribution is 2.49. The lowest BCUT2D eigenvalue weighted by Crippen LogP contribution is -2.40. The first-order valence-electron chi connectivity index (χ1n) is 10.0. The highest BCUT2D eigenvalue weighted by Gasteiger charge is 2.42. The average molecular weight is 477 g/mol. The van der Waals surface area contributed by atoms with Gasteiger partial charge in [0.1, 0.15) is 0 Å². The number of fused-ring (bicyclic) bond motifs is 2. The smallest absolute Gasteiger partial charge is 0.261 e. The van der Waals surface area contributed by atoms with Crippen LogP contribution in [-0.4, -0.2) is 20.4 Å². The lowest BCUT2D eigenvalue weighted by Gasteiger charge is -2.28. The molecule has 2 aliphatic carbocycles. The Morgan fingerprint density at radius 1 is 1.07 bits per heavy atom. The molecule has 0 saturated heterocycles. The number of nitrogens with one attached hydrogen (secondary N) is 2. The minimum absolute atomic E-state index is 0.0777. The van der Waals surface area contributed by atoms with Crippen molar-refractivity contribution in [1.29, 1.82) is 0 Å². The van der Waals surface area contributed by atoms with Gasteiger partial charge >= 0.3 is 0 Å². The number of hydrogen-bond acceptors (Lipinski definition) is 3. The molecular weight excluding hydrogens is 452 g/mol. The zero-order valence-electron chi connectivity index (χ0n) is 16.3. The quantitative estimate of drug-likeness (QED) is 0.628. The van der Waals surface area contributed by atoms with Crippen molar-refractivity contribution in [1.82, 2.24) is 5.32 Å². The zero-order chi connectivity index (χ0) is 20.6. The maximum absolute atomic E-state index is 13.0. The number of sulfonamides is 1. The standard InChI is InChI=1S/C22H25BrN2O3S/c1-14(20-13-15-6-7-16(20)12-15)24-22(26)19-4-2-3-5-21(19)25-29(27,28)18-10-8-17(23)9-11-18/h2-5,8-11,14-16,20,25H,6-7,12-13H2,1H3,(H,24,26)/t14-,15+,16+,20+/m0/s1. The number of benzene rings is 2. The van der Waals surface area contributed by atoms with Gasteiger partial charge in [-0.1, -0.05) is 34.5 Å². The zero-order valence-corrected chi connectivity index (χ0v) is 18.7. The molecule has 2 saturated carbocycles. The second kappa shape index (κ2) is 8.11. The molecule has 0 spiro atoms. The van der Waals surface area contributed by atoms with Crippen LogP contribution in [0.15, 0.2) is 57.9 Å². The van der Waals surface area contributed by atoms with Gasteiger partial charge in [-0.3, -0.25) is 9.52 Å². The number of rotatable bonds is 6. The van der Waals surface area contributed by atoms with Crippen LogP contribution in [0.3, 0.4) is 0 Å². The van der Waals surface area contributed by atoms with E-state index in [1.807, 2.05) is 0 Å². The monoisotopic (exact) mass is 476 g/mol. The summed E-state index contributed by atoms with van der Waals surface area (Å²) in [5, 5.41) is 3.12. The third kappa shape index (κ3) is 4.36. The van der Waals surface area contributed by atoms with Crippen LogP contribution in [0.1, 0.15) is 43.0 Å². The minimum atomic E-state index is -3.79. The van der Waals surface area contributed by atoms with E-state index in [1.165, 1.54) is 37.8 Å². The van der Waals surface area contributed by atoms with Crippen LogP contribution in [0.5, 0.6) is 0 Å². The largest absolute Gasteiger partial charge is 0.349 e. The molecule has 7 heteroatoms. The van der Waals surface area contributed by atoms with Crippen molar-refractivity contribution >= 4 is 37.5 Å². The second-order valence-electron chi connectivity index (χ2n) is 8.21. The predicted octanol–water partition coefficient (Wildman–Crippen LogP) is 4.80. The molecule has 0 heterocycles. The van der Waals surface area contributed by atoms with Crippen LogP contribution >= 0.6 is 15.9 Å². The molecule has 0 unspecified atom stereocenters. The van der Waals surface area contributed by atoms with Crippen LogP contribution < -0.4 is 10.0 Å². The fourth-order valence-electron chi connectivity index (χ4n) is 4.89. The van der Waals surface area contributed by atoms with Crippen molar-refractivity contribution in [2.24, 2.45) is 17.8 Å². The van der Waals surface area contributed by atoms with E-state index in [0.29, 0.717) is 17.4 Å². The molecule has 4 rings (SSSR count). The number of carbonyl (C=O) groups excluding carboxylic acids is 1. The number of halogens is 1. The van der Waals surface area contributed by atoms with Crippen LogP contribution in [0.2, 0.25) is 0 Å². The summed E-state index contributed by atoms with van der Waals surface area (Å²) >= 11 is 3.30. The van der Waals surface area contributed by atoms with Gasteiger partial charge in [0.15, 0.2) is 0 Å². The Bertz CT molecular complexity index is 1010. The van der Waals surface area contributed by atoms with Crippen molar-refractivity contribution < 1.29 is 13.2 Å². The maximum atomic E-state index is 13.0. The Morgan fingerprint density at radius 3 is 2.45 bits per heavy atom. The Hall–Kier alpha value is -1.86. The highest BCUT2D eigenvalue weighted by atomic mass is 79.9. The van der Waals surface area contributed by atoms with Crippen molar-refractivity contribution in [2.75, 3.05) is 4.72 Å². The van der Waals surface area contributed by atoms with Gasteiger partial charge in [0.25, 0.3) is 15.9 Å². The molecule has 2 aromatic rings. The van der Waals surface area contributed by atoms with E-state index in [9.17, 15) is 13.2 Å². The molecule has 0 aromatic heterocycles.